The lowest BCUT2D eigenvalue weighted by Crippen LogP contribution is -2.29. The Hall–Kier alpha value is -0.800. The van der Waals surface area contributed by atoms with Crippen molar-refractivity contribution in [1.29, 1.82) is 0 Å². The Morgan fingerprint density at radius 3 is 2.48 bits per heavy atom. The molecule has 0 heterocycles. The minimum Gasteiger partial charge on any atom is -0.404 e. The van der Waals surface area contributed by atoms with Crippen molar-refractivity contribution in [1.82, 2.24) is 4.31 Å². The predicted octanol–water partition coefficient (Wildman–Crippen LogP) is 3.77. The first-order valence-corrected chi connectivity index (χ1v) is 8.33. The van der Waals surface area contributed by atoms with Crippen molar-refractivity contribution in [2.24, 2.45) is 0 Å². The van der Waals surface area contributed by atoms with Crippen LogP contribution in [0, 0.1) is 0 Å². The predicted molar refractivity (Wildman–Crippen MR) is 75.5 cm³/mol. The Balaban J connectivity index is 3.22. The van der Waals surface area contributed by atoms with Crippen LogP contribution >= 0.6 is 15.9 Å². The van der Waals surface area contributed by atoms with E-state index in [2.05, 4.69) is 20.7 Å². The number of rotatable bonds is 6. The van der Waals surface area contributed by atoms with Crippen LogP contribution in [0.25, 0.3) is 0 Å². The molecule has 0 saturated carbocycles. The first kappa shape index (κ1) is 18.2. The van der Waals surface area contributed by atoms with Gasteiger partial charge in [-0.1, -0.05) is 29.3 Å². The van der Waals surface area contributed by atoms with Crippen LogP contribution in [-0.2, 0) is 10.0 Å². The molecule has 1 rings (SSSR count). The zero-order valence-electron chi connectivity index (χ0n) is 11.4. The summed E-state index contributed by atoms with van der Waals surface area (Å²) in [6.07, 6.45) is -3.58. The van der Waals surface area contributed by atoms with E-state index in [0.29, 0.717) is 6.42 Å². The fourth-order valence-corrected chi connectivity index (χ4v) is 3.21. The van der Waals surface area contributed by atoms with Gasteiger partial charge in [-0.2, -0.15) is 0 Å². The van der Waals surface area contributed by atoms with Gasteiger partial charge in [0.2, 0.25) is 10.0 Å². The van der Waals surface area contributed by atoms with Crippen LogP contribution in [-0.4, -0.2) is 32.7 Å². The summed E-state index contributed by atoms with van der Waals surface area (Å²) in [5.41, 5.74) is 0. The first-order chi connectivity index (χ1) is 9.58. The molecule has 1 aromatic rings. The topological polar surface area (TPSA) is 46.6 Å². The van der Waals surface area contributed by atoms with E-state index in [1.165, 1.54) is 13.1 Å². The molecule has 1 aromatic carbocycles. The Labute approximate surface area is 130 Å². The average molecular weight is 390 g/mol. The van der Waals surface area contributed by atoms with Gasteiger partial charge in [-0.3, -0.25) is 0 Å². The monoisotopic (exact) mass is 389 g/mol. The van der Waals surface area contributed by atoms with Gasteiger partial charge in [0.15, 0.2) is 5.75 Å². The van der Waals surface area contributed by atoms with Crippen molar-refractivity contribution in [3.63, 3.8) is 0 Å². The normalized spacial score (nSPS) is 12.7. The minimum atomic E-state index is -4.97. The average Bonchev–Trinajstić information content (AvgIpc) is 2.33. The van der Waals surface area contributed by atoms with Gasteiger partial charge in [0.05, 0.1) is 0 Å². The molecule has 0 amide bonds. The number of sulfonamides is 1. The lowest BCUT2D eigenvalue weighted by atomic mass is 10.3. The summed E-state index contributed by atoms with van der Waals surface area (Å²) in [6, 6.07) is 3.42. The van der Waals surface area contributed by atoms with E-state index in [1.807, 2.05) is 6.92 Å². The van der Waals surface area contributed by atoms with Crippen LogP contribution in [0.3, 0.4) is 0 Å². The summed E-state index contributed by atoms with van der Waals surface area (Å²) in [5, 5.41) is 0. The fraction of sp³-hybridized carbons (Fsp3) is 0.500. The molecule has 0 aliphatic rings. The van der Waals surface area contributed by atoms with Crippen molar-refractivity contribution in [2.75, 3.05) is 13.6 Å². The molecule has 0 saturated heterocycles. The van der Waals surface area contributed by atoms with E-state index in [1.54, 1.807) is 0 Å². The third-order valence-electron chi connectivity index (χ3n) is 2.65. The number of benzene rings is 1. The lowest BCUT2D eigenvalue weighted by molar-refractivity contribution is -0.275. The highest BCUT2D eigenvalue weighted by atomic mass is 79.9. The number of hydrogen-bond acceptors (Lipinski definition) is 3. The van der Waals surface area contributed by atoms with Crippen LogP contribution in [0.15, 0.2) is 27.6 Å². The molecular formula is C12H15BrF3NO3S. The molecule has 120 valence electrons. The third kappa shape index (κ3) is 5.15. The van der Waals surface area contributed by atoms with E-state index < -0.39 is 27.0 Å². The smallest absolute Gasteiger partial charge is 0.404 e. The van der Waals surface area contributed by atoms with E-state index in [0.717, 1.165) is 22.9 Å². The number of unbranched alkanes of at least 4 members (excludes halogenated alkanes) is 1. The molecule has 0 N–H and O–H groups in total. The summed E-state index contributed by atoms with van der Waals surface area (Å²) in [5.74, 6) is -0.750. The summed E-state index contributed by atoms with van der Waals surface area (Å²) >= 11 is 2.99. The molecule has 0 atom stereocenters. The largest absolute Gasteiger partial charge is 0.573 e. The molecule has 0 aliphatic heterocycles. The van der Waals surface area contributed by atoms with Crippen LogP contribution in [0.2, 0.25) is 0 Å². The van der Waals surface area contributed by atoms with Gasteiger partial charge in [0.1, 0.15) is 4.90 Å². The fourth-order valence-electron chi connectivity index (χ4n) is 1.57. The number of ether oxygens (including phenoxy) is 1. The maximum atomic E-state index is 12.4. The molecule has 0 radical (unpaired) electrons. The lowest BCUT2D eigenvalue weighted by Gasteiger charge is -2.19. The number of hydrogen-bond donors (Lipinski definition) is 0. The highest BCUT2D eigenvalue weighted by Gasteiger charge is 2.35. The summed E-state index contributed by atoms with van der Waals surface area (Å²) in [7, 11) is -2.72. The molecule has 0 bridgehead atoms. The van der Waals surface area contributed by atoms with Gasteiger partial charge in [-0.05, 0) is 24.6 Å². The Morgan fingerprint density at radius 1 is 1.33 bits per heavy atom. The number of alkyl halides is 3. The second-order valence-electron chi connectivity index (χ2n) is 4.32. The standard InChI is InChI=1S/C12H15BrF3NO3S/c1-3-4-7-17(2)21(18,19)11-6-5-9(13)8-10(11)20-12(14,15)16/h5-6,8H,3-4,7H2,1-2H3. The second-order valence-corrected chi connectivity index (χ2v) is 7.25. The Bertz CT molecular complexity index is 590. The van der Waals surface area contributed by atoms with Gasteiger partial charge < -0.3 is 4.74 Å². The highest BCUT2D eigenvalue weighted by molar-refractivity contribution is 9.10. The van der Waals surface area contributed by atoms with Crippen molar-refractivity contribution >= 4 is 26.0 Å². The van der Waals surface area contributed by atoms with Crippen LogP contribution in [0.1, 0.15) is 19.8 Å². The zero-order valence-corrected chi connectivity index (χ0v) is 13.8. The van der Waals surface area contributed by atoms with Gasteiger partial charge in [0, 0.05) is 18.1 Å². The maximum absolute atomic E-state index is 12.4. The van der Waals surface area contributed by atoms with Crippen molar-refractivity contribution in [3.8, 4) is 5.75 Å². The molecule has 0 aromatic heterocycles. The van der Waals surface area contributed by atoms with E-state index in [-0.39, 0.29) is 11.0 Å². The molecular weight excluding hydrogens is 375 g/mol. The molecule has 9 heteroatoms. The third-order valence-corrected chi connectivity index (χ3v) is 5.04. The minimum absolute atomic E-state index is 0.223. The van der Waals surface area contributed by atoms with Crippen LogP contribution in [0.5, 0.6) is 5.75 Å². The summed E-state index contributed by atoms with van der Waals surface area (Å²) < 4.78 is 67.0. The highest BCUT2D eigenvalue weighted by Crippen LogP contribution is 2.33. The molecule has 4 nitrogen and oxygen atoms in total. The molecule has 0 spiro atoms. The molecule has 21 heavy (non-hydrogen) atoms. The van der Waals surface area contributed by atoms with Gasteiger partial charge in [-0.25, -0.2) is 12.7 Å². The molecule has 0 aliphatic carbocycles. The van der Waals surface area contributed by atoms with Crippen molar-refractivity contribution in [3.05, 3.63) is 22.7 Å². The molecule has 0 fully saturated rings. The quantitative estimate of drug-likeness (QED) is 0.743. The zero-order chi connectivity index (χ0) is 16.3. The van der Waals surface area contributed by atoms with Crippen LogP contribution < -0.4 is 4.74 Å². The van der Waals surface area contributed by atoms with Crippen molar-refractivity contribution < 1.29 is 26.3 Å². The number of nitrogens with zero attached hydrogens (tertiary/aromatic N) is 1. The van der Waals surface area contributed by atoms with Gasteiger partial charge >= 0.3 is 6.36 Å². The Kier molecular flexibility index (Phi) is 6.06. The van der Waals surface area contributed by atoms with Gasteiger partial charge in [0.25, 0.3) is 0 Å². The van der Waals surface area contributed by atoms with Crippen LogP contribution in [0.4, 0.5) is 13.2 Å². The van der Waals surface area contributed by atoms with E-state index in [9.17, 15) is 21.6 Å². The van der Waals surface area contributed by atoms with E-state index >= 15 is 0 Å². The first-order valence-electron chi connectivity index (χ1n) is 6.09. The Morgan fingerprint density at radius 2 is 1.95 bits per heavy atom. The summed E-state index contributed by atoms with van der Waals surface area (Å²) in [4.78, 5) is -0.512. The molecule has 0 unspecified atom stereocenters. The number of halogens is 4. The summed E-state index contributed by atoms with van der Waals surface area (Å²) in [6.45, 7) is 2.11. The van der Waals surface area contributed by atoms with Crippen molar-refractivity contribution in [2.45, 2.75) is 31.0 Å². The SMILES string of the molecule is CCCCN(C)S(=O)(=O)c1ccc(Br)cc1OC(F)(F)F. The maximum Gasteiger partial charge on any atom is 0.573 e. The van der Waals surface area contributed by atoms with E-state index in [4.69, 9.17) is 0 Å². The van der Waals surface area contributed by atoms with Gasteiger partial charge in [-0.15, -0.1) is 13.2 Å². The second kappa shape index (κ2) is 6.97.